The minimum Gasteiger partial charge on any atom is -0.349 e. The van der Waals surface area contributed by atoms with Crippen LogP contribution in [0, 0.1) is 0 Å². The maximum absolute atomic E-state index is 12.5. The van der Waals surface area contributed by atoms with Crippen molar-refractivity contribution in [2.24, 2.45) is 0 Å². The molecule has 4 nitrogen and oxygen atoms in total. The maximum atomic E-state index is 12.5. The first-order chi connectivity index (χ1) is 8.04. The Hall–Kier alpha value is -1.37. The van der Waals surface area contributed by atoms with Gasteiger partial charge in [-0.25, -0.2) is 4.98 Å². The molecular formula is C10H11F3N4. The molecule has 17 heavy (non-hydrogen) atoms. The smallest absolute Gasteiger partial charge is 0.349 e. The van der Waals surface area contributed by atoms with Crippen LogP contribution in [-0.4, -0.2) is 35.1 Å². The lowest BCUT2D eigenvalue weighted by Gasteiger charge is -2.28. The van der Waals surface area contributed by atoms with Crippen LogP contribution in [0.4, 0.5) is 19.0 Å². The minimum atomic E-state index is -4.43. The average molecular weight is 244 g/mol. The van der Waals surface area contributed by atoms with Crippen molar-refractivity contribution in [1.82, 2.24) is 15.3 Å². The first-order valence-electron chi connectivity index (χ1n) is 5.43. The topological polar surface area (TPSA) is 41.1 Å². The van der Waals surface area contributed by atoms with E-state index < -0.39 is 11.9 Å². The molecular weight excluding hydrogens is 233 g/mol. The fraction of sp³-hybridized carbons (Fsp3) is 0.600. The SMILES string of the molecule is FC(F)(F)c1cncc(N2CC3CC2CN3)n1. The second-order valence-electron chi connectivity index (χ2n) is 4.41. The van der Waals surface area contributed by atoms with Crippen LogP contribution >= 0.6 is 0 Å². The van der Waals surface area contributed by atoms with Crippen LogP contribution in [0.3, 0.4) is 0 Å². The van der Waals surface area contributed by atoms with Gasteiger partial charge in [-0.3, -0.25) is 4.98 Å². The number of piperazine rings is 1. The Bertz CT molecular complexity index is 434. The van der Waals surface area contributed by atoms with Crippen LogP contribution in [0.2, 0.25) is 0 Å². The number of nitrogens with one attached hydrogen (secondary N) is 1. The molecule has 0 aliphatic carbocycles. The Balaban J connectivity index is 1.89. The summed E-state index contributed by atoms with van der Waals surface area (Å²) >= 11 is 0. The number of fused-ring (bicyclic) bond motifs is 2. The number of aromatic nitrogens is 2. The summed E-state index contributed by atoms with van der Waals surface area (Å²) in [7, 11) is 0. The van der Waals surface area contributed by atoms with E-state index in [2.05, 4.69) is 15.3 Å². The van der Waals surface area contributed by atoms with E-state index in [0.29, 0.717) is 18.4 Å². The summed E-state index contributed by atoms with van der Waals surface area (Å²) in [6.45, 7) is 1.52. The normalized spacial score (nSPS) is 27.8. The number of hydrogen-bond acceptors (Lipinski definition) is 4. The average Bonchev–Trinajstić information content (AvgIpc) is 2.89. The second kappa shape index (κ2) is 3.56. The summed E-state index contributed by atoms with van der Waals surface area (Å²) in [5, 5.41) is 3.29. The van der Waals surface area contributed by atoms with Crippen molar-refractivity contribution in [1.29, 1.82) is 0 Å². The van der Waals surface area contributed by atoms with Gasteiger partial charge >= 0.3 is 6.18 Å². The molecule has 2 unspecified atom stereocenters. The predicted octanol–water partition coefficient (Wildman–Crippen LogP) is 1.05. The molecule has 0 amide bonds. The molecule has 92 valence electrons. The first kappa shape index (κ1) is 10.8. The van der Waals surface area contributed by atoms with Gasteiger partial charge in [0.25, 0.3) is 0 Å². The van der Waals surface area contributed by atoms with Crippen LogP contribution in [0.5, 0.6) is 0 Å². The number of alkyl halides is 3. The molecule has 2 fully saturated rings. The standard InChI is InChI=1S/C10H11F3N4/c11-10(12,13)8-3-14-4-9(16-8)17-5-6-1-7(17)2-15-6/h3-4,6-7,15H,1-2,5H2. The lowest BCUT2D eigenvalue weighted by Crippen LogP contribution is -2.44. The largest absolute Gasteiger partial charge is 0.434 e. The Labute approximate surface area is 95.9 Å². The number of nitrogens with zero attached hydrogens (tertiary/aromatic N) is 3. The molecule has 2 aliphatic rings. The summed E-state index contributed by atoms with van der Waals surface area (Å²) < 4.78 is 37.5. The van der Waals surface area contributed by atoms with E-state index in [9.17, 15) is 13.2 Å². The number of rotatable bonds is 1. The zero-order valence-corrected chi connectivity index (χ0v) is 8.91. The van der Waals surface area contributed by atoms with E-state index >= 15 is 0 Å². The van der Waals surface area contributed by atoms with Gasteiger partial charge in [-0.2, -0.15) is 13.2 Å². The van der Waals surface area contributed by atoms with Gasteiger partial charge in [0, 0.05) is 25.2 Å². The third kappa shape index (κ3) is 1.84. The molecule has 1 N–H and O–H groups in total. The fourth-order valence-electron chi connectivity index (χ4n) is 2.47. The molecule has 2 aliphatic heterocycles. The van der Waals surface area contributed by atoms with Crippen molar-refractivity contribution < 1.29 is 13.2 Å². The third-order valence-electron chi connectivity index (χ3n) is 3.26. The minimum absolute atomic E-state index is 0.248. The van der Waals surface area contributed by atoms with Crippen LogP contribution in [0.1, 0.15) is 12.1 Å². The Kier molecular flexibility index (Phi) is 2.25. The van der Waals surface area contributed by atoms with Crippen LogP contribution in [-0.2, 0) is 6.18 Å². The third-order valence-corrected chi connectivity index (χ3v) is 3.26. The van der Waals surface area contributed by atoms with Gasteiger partial charge in [0.05, 0.1) is 12.4 Å². The molecule has 3 heterocycles. The molecule has 2 saturated heterocycles. The van der Waals surface area contributed by atoms with Gasteiger partial charge in [-0.15, -0.1) is 0 Å². The fourth-order valence-corrected chi connectivity index (χ4v) is 2.47. The van der Waals surface area contributed by atoms with Gasteiger partial charge in [0.15, 0.2) is 5.69 Å². The lowest BCUT2D eigenvalue weighted by molar-refractivity contribution is -0.141. The highest BCUT2D eigenvalue weighted by molar-refractivity contribution is 5.42. The first-order valence-corrected chi connectivity index (χ1v) is 5.43. The van der Waals surface area contributed by atoms with E-state index in [1.54, 1.807) is 0 Å². The number of hydrogen-bond donors (Lipinski definition) is 1. The van der Waals surface area contributed by atoms with Gasteiger partial charge in [-0.05, 0) is 6.42 Å². The van der Waals surface area contributed by atoms with Crippen LogP contribution in [0.15, 0.2) is 12.4 Å². The van der Waals surface area contributed by atoms with Gasteiger partial charge in [0.1, 0.15) is 5.82 Å². The lowest BCUT2D eigenvalue weighted by atomic mass is 10.2. The monoisotopic (exact) mass is 244 g/mol. The number of anilines is 1. The molecule has 0 saturated carbocycles. The highest BCUT2D eigenvalue weighted by Crippen LogP contribution is 2.31. The van der Waals surface area contributed by atoms with Crippen molar-refractivity contribution in [3.8, 4) is 0 Å². The van der Waals surface area contributed by atoms with Crippen molar-refractivity contribution in [3.63, 3.8) is 0 Å². The Morgan fingerprint density at radius 2 is 2.18 bits per heavy atom. The molecule has 1 aromatic rings. The Morgan fingerprint density at radius 3 is 2.76 bits per heavy atom. The summed E-state index contributed by atoms with van der Waals surface area (Å²) in [6, 6.07) is 0.620. The molecule has 0 aromatic carbocycles. The quantitative estimate of drug-likeness (QED) is 0.801. The zero-order chi connectivity index (χ0) is 12.0. The van der Waals surface area contributed by atoms with E-state index in [1.807, 2.05) is 4.90 Å². The van der Waals surface area contributed by atoms with E-state index in [0.717, 1.165) is 19.2 Å². The van der Waals surface area contributed by atoms with Gasteiger partial charge in [0.2, 0.25) is 0 Å². The number of halogens is 3. The maximum Gasteiger partial charge on any atom is 0.434 e. The summed E-state index contributed by atoms with van der Waals surface area (Å²) in [5.74, 6) is 0.328. The zero-order valence-electron chi connectivity index (χ0n) is 8.91. The second-order valence-corrected chi connectivity index (χ2v) is 4.41. The Morgan fingerprint density at radius 1 is 1.35 bits per heavy atom. The van der Waals surface area contributed by atoms with E-state index in [4.69, 9.17) is 0 Å². The molecule has 2 atom stereocenters. The van der Waals surface area contributed by atoms with Crippen molar-refractivity contribution >= 4 is 5.82 Å². The molecule has 2 bridgehead atoms. The van der Waals surface area contributed by atoms with E-state index in [1.165, 1.54) is 6.20 Å². The van der Waals surface area contributed by atoms with E-state index in [-0.39, 0.29) is 6.04 Å². The highest BCUT2D eigenvalue weighted by atomic mass is 19.4. The van der Waals surface area contributed by atoms with Gasteiger partial charge < -0.3 is 10.2 Å². The predicted molar refractivity (Wildman–Crippen MR) is 54.6 cm³/mol. The molecule has 0 radical (unpaired) electrons. The van der Waals surface area contributed by atoms with Crippen LogP contribution < -0.4 is 10.2 Å². The summed E-state index contributed by atoms with van der Waals surface area (Å²) in [4.78, 5) is 9.20. The summed E-state index contributed by atoms with van der Waals surface area (Å²) in [5.41, 5.74) is -0.925. The van der Waals surface area contributed by atoms with Crippen molar-refractivity contribution in [3.05, 3.63) is 18.1 Å². The van der Waals surface area contributed by atoms with Crippen molar-refractivity contribution in [2.75, 3.05) is 18.0 Å². The molecule has 7 heteroatoms. The highest BCUT2D eigenvalue weighted by Gasteiger charge is 2.39. The molecule has 1 aromatic heterocycles. The molecule has 3 rings (SSSR count). The van der Waals surface area contributed by atoms with Crippen LogP contribution in [0.25, 0.3) is 0 Å². The summed E-state index contributed by atoms with van der Waals surface area (Å²) in [6.07, 6.45) is -1.30. The van der Waals surface area contributed by atoms with Crippen molar-refractivity contribution in [2.45, 2.75) is 24.7 Å². The van der Waals surface area contributed by atoms with Gasteiger partial charge in [-0.1, -0.05) is 0 Å². The molecule has 0 spiro atoms.